The zero-order chi connectivity index (χ0) is 36.2. The highest BCUT2D eigenvalue weighted by Gasteiger charge is 2.48. The van der Waals surface area contributed by atoms with Gasteiger partial charge in [0.15, 0.2) is 5.69 Å². The van der Waals surface area contributed by atoms with Gasteiger partial charge in [-0.05, 0) is 82.7 Å². The molecule has 5 rings (SSSR count). The molecule has 0 saturated carbocycles. The van der Waals surface area contributed by atoms with Crippen LogP contribution < -0.4 is 10.2 Å². The van der Waals surface area contributed by atoms with E-state index >= 15 is 0 Å². The first-order valence-corrected chi connectivity index (χ1v) is 16.4. The molecule has 2 atom stereocenters. The van der Waals surface area contributed by atoms with Crippen molar-refractivity contribution in [2.45, 2.75) is 50.4 Å². The van der Waals surface area contributed by atoms with Crippen molar-refractivity contribution >= 4 is 23.5 Å². The molecule has 266 valence electrons. The standard InChI is InChI=1S/C35H39F4N7O4/c1-4-45-32-28(30(42-46(32)26-13-19-50-20-14-26)33(48)44(18-15-40)17-6-16-43(2)3)27(22-9-11-25(36)12-10-22)29(34(45)49)41-31(47)23-7-5-8-24(21-23)35(37,38)39/h5,7-12,21,26-27,29H,4,6,13-14,16-20H2,1-3H3,(H,41,47)/t27-,29-/m0/s1. The molecule has 2 aliphatic heterocycles. The van der Waals surface area contributed by atoms with E-state index in [9.17, 15) is 37.2 Å². The molecule has 1 fully saturated rings. The van der Waals surface area contributed by atoms with Crippen LogP contribution in [0.15, 0.2) is 48.5 Å². The number of nitrogens with zero attached hydrogens (tertiary/aromatic N) is 6. The number of likely N-dealkylation sites (N-methyl/N-ethyl adjacent to an activating group) is 1. The van der Waals surface area contributed by atoms with Crippen molar-refractivity contribution in [2.24, 2.45) is 0 Å². The van der Waals surface area contributed by atoms with Crippen molar-refractivity contribution in [3.8, 4) is 6.07 Å². The number of anilines is 1. The van der Waals surface area contributed by atoms with Crippen molar-refractivity contribution in [3.05, 3.63) is 82.3 Å². The van der Waals surface area contributed by atoms with E-state index in [1.165, 1.54) is 40.1 Å². The zero-order valence-corrected chi connectivity index (χ0v) is 28.0. The van der Waals surface area contributed by atoms with Gasteiger partial charge in [-0.3, -0.25) is 19.3 Å². The Morgan fingerprint density at radius 1 is 1.10 bits per heavy atom. The van der Waals surface area contributed by atoms with Crippen LogP contribution in [0.3, 0.4) is 0 Å². The topological polar surface area (TPSA) is 124 Å². The van der Waals surface area contributed by atoms with Crippen molar-refractivity contribution in [1.82, 2.24) is 24.9 Å². The van der Waals surface area contributed by atoms with Gasteiger partial charge in [-0.2, -0.15) is 23.5 Å². The summed E-state index contributed by atoms with van der Waals surface area (Å²) >= 11 is 0. The van der Waals surface area contributed by atoms with Gasteiger partial charge in [0.05, 0.1) is 17.7 Å². The van der Waals surface area contributed by atoms with Gasteiger partial charge in [-0.1, -0.05) is 18.2 Å². The Kier molecular flexibility index (Phi) is 11.2. The number of benzene rings is 2. The summed E-state index contributed by atoms with van der Waals surface area (Å²) in [5.41, 5.74) is -0.740. The van der Waals surface area contributed by atoms with E-state index < -0.39 is 47.2 Å². The predicted octanol–water partition coefficient (Wildman–Crippen LogP) is 4.61. The minimum absolute atomic E-state index is 0.0369. The fourth-order valence-corrected chi connectivity index (χ4v) is 6.52. The maximum Gasteiger partial charge on any atom is 0.416 e. The van der Waals surface area contributed by atoms with Crippen molar-refractivity contribution in [1.29, 1.82) is 5.26 Å². The minimum Gasteiger partial charge on any atom is -0.381 e. The summed E-state index contributed by atoms with van der Waals surface area (Å²) in [5, 5.41) is 17.2. The second kappa shape index (κ2) is 15.4. The van der Waals surface area contributed by atoms with E-state index in [0.29, 0.717) is 62.0 Å². The molecule has 3 aromatic rings. The Hall–Kier alpha value is -4.81. The summed E-state index contributed by atoms with van der Waals surface area (Å²) in [4.78, 5) is 47.3. The summed E-state index contributed by atoms with van der Waals surface area (Å²) in [6.07, 6.45) is -3.08. The van der Waals surface area contributed by atoms with Crippen LogP contribution in [0, 0.1) is 17.1 Å². The summed E-state index contributed by atoms with van der Waals surface area (Å²) in [7, 11) is 3.78. The van der Waals surface area contributed by atoms with E-state index in [4.69, 9.17) is 9.84 Å². The number of halogens is 4. The van der Waals surface area contributed by atoms with Gasteiger partial charge < -0.3 is 19.9 Å². The number of amides is 3. The van der Waals surface area contributed by atoms with E-state index in [2.05, 4.69) is 5.32 Å². The number of nitrogens with one attached hydrogen (secondary N) is 1. The Bertz CT molecular complexity index is 1750. The van der Waals surface area contributed by atoms with Gasteiger partial charge in [-0.15, -0.1) is 0 Å². The van der Waals surface area contributed by atoms with Gasteiger partial charge in [0.25, 0.3) is 17.7 Å². The highest BCUT2D eigenvalue weighted by atomic mass is 19.4. The molecule has 1 aromatic heterocycles. The molecule has 0 radical (unpaired) electrons. The molecule has 2 aromatic carbocycles. The average molecular weight is 698 g/mol. The quantitative estimate of drug-likeness (QED) is 0.230. The molecule has 1 N–H and O–H groups in total. The Morgan fingerprint density at radius 3 is 2.42 bits per heavy atom. The minimum atomic E-state index is -4.71. The van der Waals surface area contributed by atoms with Crippen LogP contribution in [0.5, 0.6) is 0 Å². The molecule has 2 aliphatic rings. The first kappa shape index (κ1) is 36.5. The number of hydrogen-bond donors (Lipinski definition) is 1. The Balaban J connectivity index is 1.70. The Morgan fingerprint density at radius 2 is 1.80 bits per heavy atom. The van der Waals surface area contributed by atoms with Crippen molar-refractivity contribution < 1.29 is 36.7 Å². The molecule has 3 heterocycles. The van der Waals surface area contributed by atoms with Gasteiger partial charge in [0.2, 0.25) is 0 Å². The molecule has 15 heteroatoms. The lowest BCUT2D eigenvalue weighted by Crippen LogP contribution is -2.56. The monoisotopic (exact) mass is 697 g/mol. The van der Waals surface area contributed by atoms with Crippen molar-refractivity contribution in [3.63, 3.8) is 0 Å². The average Bonchev–Trinajstić information content (AvgIpc) is 3.48. The third kappa shape index (κ3) is 7.66. The second-order valence-corrected chi connectivity index (χ2v) is 12.6. The lowest BCUT2D eigenvalue weighted by molar-refractivity contribution is -0.137. The number of fused-ring (bicyclic) bond motifs is 1. The lowest BCUT2D eigenvalue weighted by atomic mass is 9.80. The maximum absolute atomic E-state index is 14.5. The molecule has 11 nitrogen and oxygen atoms in total. The Labute approximate surface area is 287 Å². The van der Waals surface area contributed by atoms with Crippen LogP contribution in [0.4, 0.5) is 23.4 Å². The summed E-state index contributed by atoms with van der Waals surface area (Å²) in [5.74, 6) is -3.42. The number of nitriles is 1. The van der Waals surface area contributed by atoms with Gasteiger partial charge in [0, 0.05) is 43.3 Å². The summed E-state index contributed by atoms with van der Waals surface area (Å²) in [6, 6.07) is 9.45. The summed E-state index contributed by atoms with van der Waals surface area (Å²) in [6.45, 7) is 3.30. The van der Waals surface area contributed by atoms with Crippen molar-refractivity contribution in [2.75, 3.05) is 58.4 Å². The number of hydrogen-bond acceptors (Lipinski definition) is 7. The van der Waals surface area contributed by atoms with E-state index in [1.807, 2.05) is 25.1 Å². The first-order chi connectivity index (χ1) is 23.8. The smallest absolute Gasteiger partial charge is 0.381 e. The molecule has 0 aliphatic carbocycles. The highest BCUT2D eigenvalue weighted by molar-refractivity contribution is 6.07. The number of carbonyl (C=O) groups excluding carboxylic acids is 3. The molecule has 1 saturated heterocycles. The fraction of sp³-hybridized carbons (Fsp3) is 0.457. The third-order valence-corrected chi connectivity index (χ3v) is 8.96. The van der Waals surface area contributed by atoms with Gasteiger partial charge >= 0.3 is 6.18 Å². The fourth-order valence-electron chi connectivity index (χ4n) is 6.52. The van der Waals surface area contributed by atoms with Crippen LogP contribution in [-0.4, -0.2) is 96.8 Å². The number of carbonyl (C=O) groups is 3. The van der Waals surface area contributed by atoms with Crippen LogP contribution in [-0.2, 0) is 15.7 Å². The summed E-state index contributed by atoms with van der Waals surface area (Å²) < 4.78 is 62.1. The maximum atomic E-state index is 14.5. The first-order valence-electron chi connectivity index (χ1n) is 16.4. The van der Waals surface area contributed by atoms with Crippen LogP contribution in [0.25, 0.3) is 0 Å². The zero-order valence-electron chi connectivity index (χ0n) is 28.0. The molecule has 0 unspecified atom stereocenters. The van der Waals surface area contributed by atoms with E-state index in [-0.39, 0.29) is 36.9 Å². The molecular weight excluding hydrogens is 658 g/mol. The van der Waals surface area contributed by atoms with Crippen LogP contribution in [0.2, 0.25) is 0 Å². The van der Waals surface area contributed by atoms with E-state index in [1.54, 1.807) is 11.6 Å². The lowest BCUT2D eigenvalue weighted by Gasteiger charge is -2.39. The number of ether oxygens (including phenoxy) is 1. The highest BCUT2D eigenvalue weighted by Crippen LogP contribution is 2.45. The molecule has 0 spiro atoms. The van der Waals surface area contributed by atoms with E-state index in [0.717, 1.165) is 12.1 Å². The second-order valence-electron chi connectivity index (χ2n) is 12.6. The van der Waals surface area contributed by atoms with Crippen LogP contribution in [0.1, 0.15) is 75.7 Å². The SMILES string of the molecule is CCN1C(=O)[C@@H](NC(=O)c2cccc(C(F)(F)F)c2)[C@@H](c2ccc(F)cc2)c2c(C(=O)N(CC#N)CCCN(C)C)nn(C3CCOCC3)c21. The molecule has 50 heavy (non-hydrogen) atoms. The third-order valence-electron chi connectivity index (χ3n) is 8.96. The normalized spacial score (nSPS) is 18.1. The molecule has 3 amide bonds. The number of rotatable bonds is 11. The van der Waals surface area contributed by atoms with Gasteiger partial charge in [0.1, 0.15) is 24.2 Å². The molecule has 0 bridgehead atoms. The van der Waals surface area contributed by atoms with Crippen LogP contribution >= 0.6 is 0 Å². The predicted molar refractivity (Wildman–Crippen MR) is 175 cm³/mol. The largest absolute Gasteiger partial charge is 0.416 e. The number of alkyl halides is 3. The number of aromatic nitrogens is 2. The van der Waals surface area contributed by atoms with Gasteiger partial charge in [-0.25, -0.2) is 9.07 Å². The molecular formula is C35H39F4N7O4.